The number of benzene rings is 1. The summed E-state index contributed by atoms with van der Waals surface area (Å²) < 4.78 is 34.2. The number of hydrogen-bond donors (Lipinski definition) is 1. The summed E-state index contributed by atoms with van der Waals surface area (Å²) in [7, 11) is 1.19. The highest BCUT2D eigenvalue weighted by atomic mass is 19.3. The van der Waals surface area contributed by atoms with Gasteiger partial charge in [-0.1, -0.05) is 27.7 Å². The molecule has 0 fully saturated rings. The molecule has 1 aromatic heterocycles. The molecule has 0 bridgehead atoms. The van der Waals surface area contributed by atoms with Crippen molar-refractivity contribution in [1.29, 1.82) is 0 Å². The highest BCUT2D eigenvalue weighted by Gasteiger charge is 2.40. The van der Waals surface area contributed by atoms with Crippen LogP contribution in [-0.4, -0.2) is 41.9 Å². The van der Waals surface area contributed by atoms with Crippen LogP contribution >= 0.6 is 0 Å². The van der Waals surface area contributed by atoms with Crippen molar-refractivity contribution in [2.24, 2.45) is 5.41 Å². The molecule has 9 heteroatoms. The Bertz CT molecular complexity index is 1090. The maximum absolute atomic E-state index is 13.5. The van der Waals surface area contributed by atoms with Gasteiger partial charge in [0.15, 0.2) is 12.0 Å². The van der Waals surface area contributed by atoms with E-state index in [0.29, 0.717) is 12.1 Å². The van der Waals surface area contributed by atoms with Crippen LogP contribution in [0.4, 0.5) is 8.78 Å². The molecule has 2 unspecified atom stereocenters. The number of carbonyl (C=O) groups excluding carboxylic acids is 1. The zero-order valence-corrected chi connectivity index (χ0v) is 19.4. The van der Waals surface area contributed by atoms with Crippen LogP contribution in [0.1, 0.15) is 62.0 Å². The Labute approximate surface area is 190 Å². The van der Waals surface area contributed by atoms with Crippen LogP contribution in [0, 0.1) is 5.41 Å². The van der Waals surface area contributed by atoms with Crippen molar-refractivity contribution in [2.75, 3.05) is 20.3 Å². The third kappa shape index (κ3) is 4.94. The lowest BCUT2D eigenvalue weighted by molar-refractivity contribution is -0.216. The van der Waals surface area contributed by atoms with Gasteiger partial charge >= 0.3 is 11.9 Å². The molecule has 2 atom stereocenters. The Hall–Kier alpha value is -2.78. The van der Waals surface area contributed by atoms with Crippen LogP contribution in [0.25, 0.3) is 11.3 Å². The van der Waals surface area contributed by atoms with Crippen molar-refractivity contribution in [3.8, 4) is 17.0 Å². The number of aromatic nitrogens is 1. The fraction of sp³-hybridized carbons (Fsp3) is 0.500. The minimum absolute atomic E-state index is 0.0526. The predicted octanol–water partition coefficient (Wildman–Crippen LogP) is 4.33. The second kappa shape index (κ2) is 9.23. The first kappa shape index (κ1) is 24.9. The lowest BCUT2D eigenvalue weighted by atomic mass is 9.71. The summed E-state index contributed by atoms with van der Waals surface area (Å²) >= 11 is 0. The van der Waals surface area contributed by atoms with Crippen LogP contribution in [0.15, 0.2) is 35.3 Å². The molecule has 0 spiro atoms. The number of rotatable bonds is 7. The van der Waals surface area contributed by atoms with Gasteiger partial charge in [0.05, 0.1) is 12.8 Å². The molecular formula is C24H29F2NO6. The van der Waals surface area contributed by atoms with Crippen LogP contribution in [0.3, 0.4) is 0 Å². The normalized spacial score (nSPS) is 17.8. The Morgan fingerprint density at radius 1 is 1.21 bits per heavy atom. The first-order chi connectivity index (χ1) is 15.4. The van der Waals surface area contributed by atoms with E-state index in [2.05, 4.69) is 30.5 Å². The zero-order valence-electron chi connectivity index (χ0n) is 19.4. The fourth-order valence-corrected chi connectivity index (χ4v) is 4.50. The number of alkyl halides is 2. The van der Waals surface area contributed by atoms with Crippen LogP contribution in [0.2, 0.25) is 0 Å². The maximum atomic E-state index is 13.5. The van der Waals surface area contributed by atoms with Crippen molar-refractivity contribution in [1.82, 2.24) is 4.57 Å². The average molecular weight is 465 g/mol. The Kier molecular flexibility index (Phi) is 6.95. The first-order valence-corrected chi connectivity index (χ1v) is 10.7. The lowest BCUT2D eigenvalue weighted by Gasteiger charge is -2.44. The van der Waals surface area contributed by atoms with Gasteiger partial charge in [-0.15, -0.1) is 0 Å². The van der Waals surface area contributed by atoms with E-state index in [-0.39, 0.29) is 28.7 Å². The summed E-state index contributed by atoms with van der Waals surface area (Å²) in [4.78, 5) is 34.0. The molecule has 180 valence electrons. The number of ether oxygens (including phenoxy) is 1. The summed E-state index contributed by atoms with van der Waals surface area (Å²) in [5.41, 5.74) is 1.30. The van der Waals surface area contributed by atoms with Gasteiger partial charge < -0.3 is 14.4 Å². The number of fused-ring (bicyclic) bond motifs is 3. The molecule has 0 radical (unpaired) electrons. The quantitative estimate of drug-likeness (QED) is 0.484. The highest BCUT2D eigenvalue weighted by molar-refractivity contribution is 5.89. The molecule has 0 saturated carbocycles. The van der Waals surface area contributed by atoms with Crippen LogP contribution < -0.4 is 10.2 Å². The van der Waals surface area contributed by atoms with E-state index >= 15 is 0 Å². The van der Waals surface area contributed by atoms with E-state index in [4.69, 9.17) is 9.84 Å². The largest absolute Gasteiger partial charge is 0.487 e. The van der Waals surface area contributed by atoms with Crippen LogP contribution in [0.5, 0.6) is 5.75 Å². The van der Waals surface area contributed by atoms with Gasteiger partial charge in [-0.3, -0.25) is 9.68 Å². The number of nitrogens with zero attached hydrogens (tertiary/aromatic N) is 1. The molecule has 7 nitrogen and oxygen atoms in total. The molecule has 0 saturated heterocycles. The van der Waals surface area contributed by atoms with E-state index in [1.807, 2.05) is 11.5 Å². The summed E-state index contributed by atoms with van der Waals surface area (Å²) in [5.74, 6) is -4.02. The number of carbonyl (C=O) groups is 1. The van der Waals surface area contributed by atoms with Gasteiger partial charge in [0.2, 0.25) is 0 Å². The molecule has 33 heavy (non-hydrogen) atoms. The molecule has 1 aromatic carbocycles. The first-order valence-electron chi connectivity index (χ1n) is 10.7. The Morgan fingerprint density at radius 2 is 1.91 bits per heavy atom. The SMILES string of the molecule is CCC1c2cc(OCC(F)(F)CO)ccc2-c2cc(=O)c(C(=O)OOC)cn2C1C(C)(C)C. The van der Waals surface area contributed by atoms with E-state index in [1.54, 1.807) is 18.2 Å². The van der Waals surface area contributed by atoms with Crippen LogP contribution in [-0.2, 0) is 9.78 Å². The highest BCUT2D eigenvalue weighted by Crippen LogP contribution is 2.51. The smallest absolute Gasteiger partial charge is 0.378 e. The molecule has 1 aliphatic rings. The van der Waals surface area contributed by atoms with Gasteiger partial charge in [0.25, 0.3) is 0 Å². The standard InChI is InChI=1S/C24H29F2NO6/c1-6-15-17-9-14(32-13-24(25,26)12-28)7-8-16(17)19-10-20(29)18(22(30)33-31-5)11-27(19)21(15)23(2,3)4/h7-11,15,21,28H,6,12-13H2,1-5H3. The Balaban J connectivity index is 2.18. The molecule has 0 aliphatic carbocycles. The van der Waals surface area contributed by atoms with E-state index in [9.17, 15) is 18.4 Å². The average Bonchev–Trinajstić information content (AvgIpc) is 2.75. The van der Waals surface area contributed by atoms with Gasteiger partial charge in [-0.25, -0.2) is 13.6 Å². The lowest BCUT2D eigenvalue weighted by Crippen LogP contribution is -2.36. The minimum Gasteiger partial charge on any atom is -0.487 e. The molecule has 2 heterocycles. The van der Waals surface area contributed by atoms with Crippen molar-refractivity contribution in [2.45, 2.75) is 52.0 Å². The minimum atomic E-state index is -3.35. The van der Waals surface area contributed by atoms with E-state index in [0.717, 1.165) is 11.1 Å². The number of aliphatic hydroxyl groups excluding tert-OH is 1. The molecule has 1 N–H and O–H groups in total. The monoisotopic (exact) mass is 465 g/mol. The van der Waals surface area contributed by atoms with Crippen molar-refractivity contribution >= 4 is 5.97 Å². The topological polar surface area (TPSA) is 87.0 Å². The van der Waals surface area contributed by atoms with E-state index in [1.165, 1.54) is 19.4 Å². The second-order valence-corrected chi connectivity index (χ2v) is 9.26. The Morgan fingerprint density at radius 3 is 2.48 bits per heavy atom. The third-order valence-corrected chi connectivity index (χ3v) is 5.85. The molecule has 2 aromatic rings. The summed E-state index contributed by atoms with van der Waals surface area (Å²) in [5, 5.41) is 8.80. The fourth-order valence-electron chi connectivity index (χ4n) is 4.50. The number of aliphatic hydroxyl groups is 1. The number of halogens is 2. The summed E-state index contributed by atoms with van der Waals surface area (Å²) in [6, 6.07) is 6.22. The van der Waals surface area contributed by atoms with Crippen molar-refractivity contribution in [3.05, 3.63) is 51.8 Å². The second-order valence-electron chi connectivity index (χ2n) is 9.26. The van der Waals surface area contributed by atoms with Gasteiger partial charge in [-0.05, 0) is 35.6 Å². The van der Waals surface area contributed by atoms with Gasteiger partial charge in [0, 0.05) is 29.8 Å². The predicted molar refractivity (Wildman–Crippen MR) is 118 cm³/mol. The zero-order chi connectivity index (χ0) is 24.6. The third-order valence-electron chi connectivity index (χ3n) is 5.85. The number of hydrogen-bond acceptors (Lipinski definition) is 6. The van der Waals surface area contributed by atoms with E-state index < -0.39 is 30.5 Å². The molecule has 3 rings (SSSR count). The maximum Gasteiger partial charge on any atom is 0.378 e. The van der Waals surface area contributed by atoms with Crippen molar-refractivity contribution < 1.29 is 33.2 Å². The van der Waals surface area contributed by atoms with Gasteiger partial charge in [-0.2, -0.15) is 4.89 Å². The molecule has 0 amide bonds. The molecule has 1 aliphatic heterocycles. The number of pyridine rings is 1. The van der Waals surface area contributed by atoms with Crippen molar-refractivity contribution in [3.63, 3.8) is 0 Å². The van der Waals surface area contributed by atoms with Gasteiger partial charge in [0.1, 0.15) is 17.9 Å². The molecular weight excluding hydrogens is 436 g/mol. The summed E-state index contributed by atoms with van der Waals surface area (Å²) in [6.45, 7) is 5.95. The summed E-state index contributed by atoms with van der Waals surface area (Å²) in [6.07, 6.45) is 2.22.